The topological polar surface area (TPSA) is 30.7 Å². The van der Waals surface area contributed by atoms with Crippen molar-refractivity contribution in [3.8, 4) is 50.7 Å². The third-order valence-electron chi connectivity index (χ3n) is 11.2. The van der Waals surface area contributed by atoms with Gasteiger partial charge < -0.3 is 4.57 Å². The lowest BCUT2D eigenvalue weighted by Gasteiger charge is -2.23. The van der Waals surface area contributed by atoms with Crippen molar-refractivity contribution < 1.29 is 0 Å². The minimum atomic E-state index is -0.138. The summed E-state index contributed by atoms with van der Waals surface area (Å²) in [6.45, 7) is 4.75. The quantitative estimate of drug-likeness (QED) is 0.183. The Morgan fingerprint density at radius 1 is 0.491 bits per heavy atom. The monoisotopic (exact) mass is 695 g/mol. The number of aromatic nitrogens is 3. The molecule has 0 saturated heterocycles. The third kappa shape index (κ3) is 4.52. The normalized spacial score (nSPS) is 13.2. The second-order valence-electron chi connectivity index (χ2n) is 14.6. The Hall–Kier alpha value is -6.36. The van der Waals surface area contributed by atoms with E-state index >= 15 is 0 Å². The van der Waals surface area contributed by atoms with Crippen molar-refractivity contribution in [2.75, 3.05) is 0 Å². The Balaban J connectivity index is 1.08. The molecule has 1 aliphatic carbocycles. The van der Waals surface area contributed by atoms with Gasteiger partial charge >= 0.3 is 0 Å². The number of nitrogens with zero attached hydrogens (tertiary/aromatic N) is 3. The van der Waals surface area contributed by atoms with Gasteiger partial charge in [0.2, 0.25) is 0 Å². The second kappa shape index (κ2) is 11.3. The summed E-state index contributed by atoms with van der Waals surface area (Å²) in [7, 11) is 0. The number of para-hydroxylation sites is 1. The Morgan fingerprint density at radius 2 is 1.17 bits per heavy atom. The van der Waals surface area contributed by atoms with Gasteiger partial charge in [0, 0.05) is 58.7 Å². The second-order valence-corrected chi connectivity index (χ2v) is 15.7. The molecule has 0 amide bonds. The van der Waals surface area contributed by atoms with E-state index in [1.165, 1.54) is 64.2 Å². The lowest BCUT2D eigenvalue weighted by Crippen LogP contribution is -2.16. The van der Waals surface area contributed by atoms with Crippen LogP contribution in [0.15, 0.2) is 164 Å². The highest BCUT2D eigenvalue weighted by Gasteiger charge is 2.38. The van der Waals surface area contributed by atoms with E-state index in [2.05, 4.69) is 164 Å². The lowest BCUT2D eigenvalue weighted by atomic mass is 9.81. The van der Waals surface area contributed by atoms with E-state index in [0.717, 1.165) is 39.6 Å². The lowest BCUT2D eigenvalue weighted by molar-refractivity contribution is 0.664. The molecule has 3 heterocycles. The van der Waals surface area contributed by atoms with Gasteiger partial charge in [-0.05, 0) is 64.7 Å². The van der Waals surface area contributed by atoms with E-state index in [0.29, 0.717) is 0 Å². The zero-order valence-corrected chi connectivity index (χ0v) is 30.2. The summed E-state index contributed by atoms with van der Waals surface area (Å²) < 4.78 is 5.06. The molecule has 0 saturated carbocycles. The van der Waals surface area contributed by atoms with Gasteiger partial charge in [-0.2, -0.15) is 0 Å². The molecule has 0 spiro atoms. The number of fused-ring (bicyclic) bond motifs is 10. The molecule has 0 fully saturated rings. The summed E-state index contributed by atoms with van der Waals surface area (Å²) in [6, 6.07) is 59.1. The van der Waals surface area contributed by atoms with Crippen LogP contribution in [-0.2, 0) is 5.41 Å². The molecule has 0 aliphatic heterocycles. The van der Waals surface area contributed by atoms with Crippen LogP contribution in [0.4, 0.5) is 0 Å². The van der Waals surface area contributed by atoms with Crippen molar-refractivity contribution in [3.63, 3.8) is 0 Å². The van der Waals surface area contributed by atoms with Crippen LogP contribution in [0.1, 0.15) is 25.0 Å². The van der Waals surface area contributed by atoms with Gasteiger partial charge in [-0.1, -0.05) is 135 Å². The summed E-state index contributed by atoms with van der Waals surface area (Å²) in [6.07, 6.45) is 0. The largest absolute Gasteiger partial charge is 0.309 e. The summed E-state index contributed by atoms with van der Waals surface area (Å²) in [5.74, 6) is 0.720. The maximum Gasteiger partial charge on any atom is 0.160 e. The van der Waals surface area contributed by atoms with Crippen LogP contribution >= 0.6 is 11.3 Å². The van der Waals surface area contributed by atoms with Crippen molar-refractivity contribution in [1.29, 1.82) is 0 Å². The first-order chi connectivity index (χ1) is 26.0. The zero-order valence-electron chi connectivity index (χ0n) is 29.3. The Bertz CT molecular complexity index is 3080. The first kappa shape index (κ1) is 30.3. The van der Waals surface area contributed by atoms with Crippen molar-refractivity contribution in [3.05, 3.63) is 175 Å². The molecule has 0 N–H and O–H groups in total. The standard InChI is InChI=1S/C49H33N3S/c1-49(2)40-17-9-6-14-34(40)37-25-26-38-35-15-7-10-18-43(35)52(47(38)46(37)49)33-23-20-30(21-24-33)41-29-42(51-48(50-41)31-12-4-3-5-13-31)32-22-27-45-39(28-32)36-16-8-11-19-44(36)53-45/h3-29H,1-2H3. The molecule has 3 aromatic heterocycles. The van der Waals surface area contributed by atoms with Gasteiger partial charge in [-0.15, -0.1) is 11.3 Å². The predicted octanol–water partition coefficient (Wildman–Crippen LogP) is 13.2. The molecule has 53 heavy (non-hydrogen) atoms. The molecule has 0 bridgehead atoms. The van der Waals surface area contributed by atoms with Crippen LogP contribution in [0.5, 0.6) is 0 Å². The van der Waals surface area contributed by atoms with Gasteiger partial charge in [-0.25, -0.2) is 9.97 Å². The molecular weight excluding hydrogens is 663 g/mol. The van der Waals surface area contributed by atoms with E-state index < -0.39 is 0 Å². The van der Waals surface area contributed by atoms with E-state index in [1.54, 1.807) is 0 Å². The van der Waals surface area contributed by atoms with Crippen LogP contribution in [0, 0.1) is 0 Å². The fraction of sp³-hybridized carbons (Fsp3) is 0.0612. The average Bonchev–Trinajstić information content (AvgIpc) is 3.83. The van der Waals surface area contributed by atoms with E-state index in [9.17, 15) is 0 Å². The zero-order chi connectivity index (χ0) is 35.3. The van der Waals surface area contributed by atoms with Gasteiger partial charge in [0.25, 0.3) is 0 Å². The maximum absolute atomic E-state index is 5.17. The summed E-state index contributed by atoms with van der Waals surface area (Å²) in [4.78, 5) is 10.3. The van der Waals surface area contributed by atoms with Gasteiger partial charge in [-0.3, -0.25) is 0 Å². The number of rotatable bonds is 4. The highest BCUT2D eigenvalue weighted by atomic mass is 32.1. The molecule has 0 radical (unpaired) electrons. The van der Waals surface area contributed by atoms with Gasteiger partial charge in [0.15, 0.2) is 5.82 Å². The molecular formula is C49H33N3S. The molecule has 0 atom stereocenters. The maximum atomic E-state index is 5.17. The van der Waals surface area contributed by atoms with Crippen LogP contribution in [0.3, 0.4) is 0 Å². The molecule has 10 aromatic rings. The predicted molar refractivity (Wildman–Crippen MR) is 223 cm³/mol. The Kier molecular flexibility index (Phi) is 6.47. The highest BCUT2D eigenvalue weighted by Crippen LogP contribution is 2.53. The minimum absolute atomic E-state index is 0.138. The Labute approximate surface area is 311 Å². The molecule has 11 rings (SSSR count). The molecule has 3 nitrogen and oxygen atoms in total. The first-order valence-corrected chi connectivity index (χ1v) is 19.0. The van der Waals surface area contributed by atoms with Crippen LogP contribution in [-0.4, -0.2) is 14.5 Å². The summed E-state index contributed by atoms with van der Waals surface area (Å²) >= 11 is 1.84. The summed E-state index contributed by atoms with van der Waals surface area (Å²) in [5, 5.41) is 5.10. The number of hydrogen-bond donors (Lipinski definition) is 0. The molecule has 0 unspecified atom stereocenters. The molecule has 250 valence electrons. The fourth-order valence-corrected chi connectivity index (χ4v) is 9.79. The smallest absolute Gasteiger partial charge is 0.160 e. The van der Waals surface area contributed by atoms with Crippen molar-refractivity contribution in [1.82, 2.24) is 14.5 Å². The average molecular weight is 696 g/mol. The van der Waals surface area contributed by atoms with Crippen molar-refractivity contribution in [2.45, 2.75) is 19.3 Å². The summed E-state index contributed by atoms with van der Waals surface area (Å²) in [5.41, 5.74) is 13.9. The van der Waals surface area contributed by atoms with Crippen LogP contribution < -0.4 is 0 Å². The van der Waals surface area contributed by atoms with Crippen molar-refractivity contribution >= 4 is 53.3 Å². The van der Waals surface area contributed by atoms with E-state index in [-0.39, 0.29) is 5.41 Å². The minimum Gasteiger partial charge on any atom is -0.309 e. The Morgan fingerprint density at radius 3 is 2.02 bits per heavy atom. The highest BCUT2D eigenvalue weighted by molar-refractivity contribution is 7.25. The van der Waals surface area contributed by atoms with Gasteiger partial charge in [0.05, 0.1) is 22.4 Å². The van der Waals surface area contributed by atoms with E-state index in [4.69, 9.17) is 9.97 Å². The van der Waals surface area contributed by atoms with Crippen LogP contribution in [0.25, 0.3) is 92.7 Å². The van der Waals surface area contributed by atoms with Gasteiger partial charge in [0.1, 0.15) is 0 Å². The van der Waals surface area contributed by atoms with E-state index in [1.807, 2.05) is 29.5 Å². The number of benzene rings is 7. The van der Waals surface area contributed by atoms with Crippen molar-refractivity contribution in [2.24, 2.45) is 0 Å². The number of thiophene rings is 1. The fourth-order valence-electron chi connectivity index (χ4n) is 8.71. The SMILES string of the molecule is CC1(C)c2ccccc2-c2ccc3c4ccccc4n(-c4ccc(-c5cc(-c6ccc7sc8ccccc8c7c6)nc(-c6ccccc6)n5)cc4)c3c21. The third-order valence-corrected chi connectivity index (χ3v) is 12.4. The number of hydrogen-bond acceptors (Lipinski definition) is 3. The van der Waals surface area contributed by atoms with Crippen LogP contribution in [0.2, 0.25) is 0 Å². The molecule has 1 aliphatic rings. The molecule has 4 heteroatoms. The molecule has 7 aromatic carbocycles. The first-order valence-electron chi connectivity index (χ1n) is 18.2.